The van der Waals surface area contributed by atoms with Gasteiger partial charge < -0.3 is 4.90 Å². The molecule has 5 heteroatoms. The fraction of sp³-hybridized carbons (Fsp3) is 0.571. The number of hydrogen-bond donors (Lipinski definition) is 0. The maximum absolute atomic E-state index is 13.5. The van der Waals surface area contributed by atoms with Gasteiger partial charge in [0.1, 0.15) is 0 Å². The minimum Gasteiger partial charge on any atom is -0.369 e. The molecule has 0 saturated carbocycles. The molecule has 0 bridgehead atoms. The van der Waals surface area contributed by atoms with Gasteiger partial charge in [0.05, 0.1) is 10.0 Å². The quantitative estimate of drug-likeness (QED) is 0.728. The second kappa shape index (κ2) is 5.47. The van der Waals surface area contributed by atoms with Crippen LogP contribution < -0.4 is 4.90 Å². The number of benzene rings is 1. The number of rotatable bonds is 1. The molecule has 2 aliphatic heterocycles. The van der Waals surface area contributed by atoms with Crippen molar-refractivity contribution in [2.75, 3.05) is 31.1 Å². The maximum atomic E-state index is 13.5. The largest absolute Gasteiger partial charge is 0.369 e. The molecule has 0 aliphatic carbocycles. The summed E-state index contributed by atoms with van der Waals surface area (Å²) in [6, 6.07) is 3.98. The Hall–Kier alpha value is -0.510. The third kappa shape index (κ3) is 2.69. The highest BCUT2D eigenvalue weighted by molar-refractivity contribution is 6.35. The maximum Gasteiger partial charge on any atom is 0.160 e. The molecule has 2 saturated heterocycles. The SMILES string of the molecule is Fc1c(Cl)cc(N2CCN3CCCCC3C2)cc1Cl. The van der Waals surface area contributed by atoms with E-state index in [1.165, 1.54) is 25.8 Å². The molecule has 104 valence electrons. The molecule has 2 aliphatic rings. The first kappa shape index (κ1) is 13.5. The molecule has 2 fully saturated rings. The van der Waals surface area contributed by atoms with Crippen molar-refractivity contribution in [2.24, 2.45) is 0 Å². The van der Waals surface area contributed by atoms with Crippen LogP contribution in [-0.4, -0.2) is 37.1 Å². The Kier molecular flexibility index (Phi) is 3.88. The second-order valence-electron chi connectivity index (χ2n) is 5.35. The van der Waals surface area contributed by atoms with Crippen LogP contribution in [0.5, 0.6) is 0 Å². The van der Waals surface area contributed by atoms with Gasteiger partial charge in [-0.3, -0.25) is 4.90 Å². The van der Waals surface area contributed by atoms with E-state index < -0.39 is 5.82 Å². The van der Waals surface area contributed by atoms with Gasteiger partial charge in [-0.05, 0) is 31.5 Å². The van der Waals surface area contributed by atoms with E-state index in [4.69, 9.17) is 23.2 Å². The molecule has 19 heavy (non-hydrogen) atoms. The van der Waals surface area contributed by atoms with E-state index in [0.717, 1.165) is 25.3 Å². The van der Waals surface area contributed by atoms with Crippen LogP contribution in [0.25, 0.3) is 0 Å². The number of anilines is 1. The van der Waals surface area contributed by atoms with Crippen LogP contribution in [0.3, 0.4) is 0 Å². The second-order valence-corrected chi connectivity index (χ2v) is 6.17. The number of piperazine rings is 1. The summed E-state index contributed by atoms with van der Waals surface area (Å²) in [5, 5.41) is 0.210. The number of fused-ring (bicyclic) bond motifs is 1. The van der Waals surface area contributed by atoms with Crippen molar-refractivity contribution in [2.45, 2.75) is 25.3 Å². The van der Waals surface area contributed by atoms with Gasteiger partial charge >= 0.3 is 0 Å². The number of nitrogens with zero attached hydrogens (tertiary/aromatic N) is 2. The van der Waals surface area contributed by atoms with Crippen molar-refractivity contribution < 1.29 is 4.39 Å². The normalized spacial score (nSPS) is 24.4. The van der Waals surface area contributed by atoms with E-state index >= 15 is 0 Å². The Bertz CT molecular complexity index is 458. The molecule has 3 rings (SSSR count). The predicted octanol–water partition coefficient (Wildman–Crippen LogP) is 3.81. The van der Waals surface area contributed by atoms with E-state index in [1.807, 2.05) is 0 Å². The summed E-state index contributed by atoms with van der Waals surface area (Å²) in [5.41, 5.74) is 0.932. The lowest BCUT2D eigenvalue weighted by Gasteiger charge is -2.45. The third-order valence-electron chi connectivity index (χ3n) is 4.17. The predicted molar refractivity (Wildman–Crippen MR) is 77.8 cm³/mol. The lowest BCUT2D eigenvalue weighted by Crippen LogP contribution is -2.54. The molecule has 2 nitrogen and oxygen atoms in total. The van der Waals surface area contributed by atoms with E-state index in [9.17, 15) is 4.39 Å². The van der Waals surface area contributed by atoms with Crippen molar-refractivity contribution in [1.82, 2.24) is 4.90 Å². The minimum absolute atomic E-state index is 0.105. The van der Waals surface area contributed by atoms with E-state index in [-0.39, 0.29) is 10.0 Å². The standard InChI is InChI=1S/C14H17Cl2FN2/c15-12-7-11(8-13(16)14(12)17)19-6-5-18-4-2-1-3-10(18)9-19/h7-8,10H,1-6,9H2. The molecule has 1 unspecified atom stereocenters. The summed E-state index contributed by atoms with van der Waals surface area (Å²) in [4.78, 5) is 4.83. The zero-order valence-corrected chi connectivity index (χ0v) is 12.2. The van der Waals surface area contributed by atoms with Crippen LogP contribution in [0, 0.1) is 5.82 Å². The van der Waals surface area contributed by atoms with Gasteiger partial charge in [-0.15, -0.1) is 0 Å². The molecular weight excluding hydrogens is 286 g/mol. The molecule has 0 amide bonds. The molecule has 1 aromatic carbocycles. The molecule has 1 aromatic rings. The smallest absolute Gasteiger partial charge is 0.160 e. The first-order valence-corrected chi connectivity index (χ1v) is 7.54. The average Bonchev–Trinajstić information content (AvgIpc) is 2.43. The van der Waals surface area contributed by atoms with Crippen LogP contribution in [0.15, 0.2) is 12.1 Å². The fourth-order valence-corrected chi connectivity index (χ4v) is 3.59. The van der Waals surface area contributed by atoms with E-state index in [2.05, 4.69) is 9.80 Å². The Morgan fingerprint density at radius 2 is 1.79 bits per heavy atom. The molecule has 1 atom stereocenters. The molecule has 0 spiro atoms. The summed E-state index contributed by atoms with van der Waals surface area (Å²) in [5.74, 6) is -0.525. The van der Waals surface area contributed by atoms with Crippen LogP contribution in [-0.2, 0) is 0 Å². The number of hydrogen-bond acceptors (Lipinski definition) is 2. The fourth-order valence-electron chi connectivity index (χ4n) is 3.12. The molecular formula is C14H17Cl2FN2. The number of piperidine rings is 1. The third-order valence-corrected chi connectivity index (χ3v) is 4.72. The van der Waals surface area contributed by atoms with Gasteiger partial charge in [0, 0.05) is 31.4 Å². The van der Waals surface area contributed by atoms with Gasteiger partial charge in [0.25, 0.3) is 0 Å². The minimum atomic E-state index is -0.525. The van der Waals surface area contributed by atoms with E-state index in [1.54, 1.807) is 12.1 Å². The Labute approximate surface area is 123 Å². The first-order chi connectivity index (χ1) is 9.15. The zero-order chi connectivity index (χ0) is 13.4. The Morgan fingerprint density at radius 3 is 2.53 bits per heavy atom. The van der Waals surface area contributed by atoms with Crippen molar-refractivity contribution in [3.8, 4) is 0 Å². The van der Waals surface area contributed by atoms with Crippen molar-refractivity contribution in [3.05, 3.63) is 28.0 Å². The summed E-state index contributed by atoms with van der Waals surface area (Å²) >= 11 is 11.8. The van der Waals surface area contributed by atoms with Gasteiger partial charge in [-0.25, -0.2) is 4.39 Å². The van der Waals surface area contributed by atoms with Crippen LogP contribution >= 0.6 is 23.2 Å². The number of halogens is 3. The highest BCUT2D eigenvalue weighted by Crippen LogP contribution is 2.31. The van der Waals surface area contributed by atoms with Crippen LogP contribution in [0.1, 0.15) is 19.3 Å². The average molecular weight is 303 g/mol. The topological polar surface area (TPSA) is 6.48 Å². The lowest BCUT2D eigenvalue weighted by molar-refractivity contribution is 0.133. The summed E-state index contributed by atoms with van der Waals surface area (Å²) in [7, 11) is 0. The lowest BCUT2D eigenvalue weighted by atomic mass is 9.99. The highest BCUT2D eigenvalue weighted by atomic mass is 35.5. The zero-order valence-electron chi connectivity index (χ0n) is 10.7. The summed E-state index contributed by atoms with van der Waals surface area (Å²) in [6.45, 7) is 4.22. The van der Waals surface area contributed by atoms with Crippen LogP contribution in [0.2, 0.25) is 10.0 Å². The molecule has 0 N–H and O–H groups in total. The van der Waals surface area contributed by atoms with Gasteiger partial charge in [-0.1, -0.05) is 29.6 Å². The monoisotopic (exact) mass is 302 g/mol. The molecule has 2 heterocycles. The highest BCUT2D eigenvalue weighted by Gasteiger charge is 2.29. The Morgan fingerprint density at radius 1 is 1.05 bits per heavy atom. The summed E-state index contributed by atoms with van der Waals surface area (Å²) in [6.07, 6.45) is 3.86. The van der Waals surface area contributed by atoms with Gasteiger partial charge in [0.2, 0.25) is 0 Å². The van der Waals surface area contributed by atoms with Crippen molar-refractivity contribution >= 4 is 28.9 Å². The van der Waals surface area contributed by atoms with Gasteiger partial charge in [0.15, 0.2) is 5.82 Å². The molecule has 0 radical (unpaired) electrons. The van der Waals surface area contributed by atoms with Crippen molar-refractivity contribution in [3.63, 3.8) is 0 Å². The molecule has 0 aromatic heterocycles. The summed E-state index contributed by atoms with van der Waals surface area (Å²) < 4.78 is 13.5. The van der Waals surface area contributed by atoms with E-state index in [0.29, 0.717) is 6.04 Å². The van der Waals surface area contributed by atoms with Gasteiger partial charge in [-0.2, -0.15) is 0 Å². The first-order valence-electron chi connectivity index (χ1n) is 6.78. The van der Waals surface area contributed by atoms with Crippen LogP contribution in [0.4, 0.5) is 10.1 Å². The Balaban J connectivity index is 1.79. The van der Waals surface area contributed by atoms with Crippen molar-refractivity contribution in [1.29, 1.82) is 0 Å².